The van der Waals surface area contributed by atoms with Crippen molar-refractivity contribution < 1.29 is 9.15 Å². The van der Waals surface area contributed by atoms with Crippen molar-refractivity contribution in [1.29, 1.82) is 0 Å². The predicted octanol–water partition coefficient (Wildman–Crippen LogP) is 3.10. The largest absolute Gasteiger partial charge is 0.497 e. The molecule has 1 aliphatic rings. The lowest BCUT2D eigenvalue weighted by Crippen LogP contribution is -2.33. The second kappa shape index (κ2) is 7.84. The van der Waals surface area contributed by atoms with Crippen molar-refractivity contribution in [2.45, 2.75) is 24.5 Å². The highest BCUT2D eigenvalue weighted by molar-refractivity contribution is 7.99. The summed E-state index contributed by atoms with van der Waals surface area (Å²) in [6, 6.07) is 7.93. The Bertz CT molecular complexity index is 615. The van der Waals surface area contributed by atoms with E-state index in [9.17, 15) is 0 Å². The molecule has 3 rings (SSSR count). The molecule has 23 heavy (non-hydrogen) atoms. The van der Waals surface area contributed by atoms with E-state index in [-0.39, 0.29) is 0 Å². The lowest BCUT2D eigenvalue weighted by molar-refractivity contribution is 0.224. The van der Waals surface area contributed by atoms with Gasteiger partial charge in [0.25, 0.3) is 5.22 Å². The molecule has 1 saturated heterocycles. The third kappa shape index (κ3) is 4.72. The van der Waals surface area contributed by atoms with Gasteiger partial charge in [0, 0.05) is 12.3 Å². The van der Waals surface area contributed by atoms with Crippen molar-refractivity contribution in [2.24, 2.45) is 5.92 Å². The summed E-state index contributed by atoms with van der Waals surface area (Å²) in [5, 5.41) is 8.99. The molecule has 1 fully saturated rings. The van der Waals surface area contributed by atoms with E-state index in [0.29, 0.717) is 17.5 Å². The van der Waals surface area contributed by atoms with E-state index in [1.54, 1.807) is 18.9 Å². The van der Waals surface area contributed by atoms with Crippen molar-refractivity contribution in [3.05, 3.63) is 35.7 Å². The Hall–Kier alpha value is -1.53. The van der Waals surface area contributed by atoms with Gasteiger partial charge in [-0.3, -0.25) is 0 Å². The minimum atomic E-state index is 0.656. The summed E-state index contributed by atoms with van der Waals surface area (Å²) in [6.45, 7) is 2.38. The molecular formula is C17H23N3O2S. The maximum absolute atomic E-state index is 5.76. The first kappa shape index (κ1) is 16.3. The molecule has 0 aliphatic carbocycles. The van der Waals surface area contributed by atoms with Gasteiger partial charge in [0.2, 0.25) is 5.89 Å². The Labute approximate surface area is 141 Å². The number of hydrogen-bond donors (Lipinski definition) is 0. The summed E-state index contributed by atoms with van der Waals surface area (Å²) in [4.78, 5) is 2.40. The summed E-state index contributed by atoms with van der Waals surface area (Å²) < 4.78 is 10.9. The number of benzene rings is 1. The molecule has 0 bridgehead atoms. The molecule has 2 heterocycles. The summed E-state index contributed by atoms with van der Waals surface area (Å²) >= 11 is 1.68. The summed E-state index contributed by atoms with van der Waals surface area (Å²) in [5.74, 6) is 3.29. The van der Waals surface area contributed by atoms with Crippen LogP contribution < -0.4 is 4.74 Å². The van der Waals surface area contributed by atoms with Crippen molar-refractivity contribution in [3.63, 3.8) is 0 Å². The topological polar surface area (TPSA) is 51.4 Å². The standard InChI is InChI=1S/C17H23N3O2S/c1-20-9-3-4-14(11-20)12-23-17-19-18-16(22-17)10-13-5-7-15(21-2)8-6-13/h5-8,14H,3-4,9-12H2,1-2H3. The first-order valence-corrected chi connectivity index (χ1v) is 8.98. The molecule has 1 atom stereocenters. The normalized spacial score (nSPS) is 19.0. The molecule has 1 unspecified atom stereocenters. The van der Waals surface area contributed by atoms with Crippen LogP contribution in [-0.2, 0) is 6.42 Å². The van der Waals surface area contributed by atoms with Crippen molar-refractivity contribution in [2.75, 3.05) is 33.0 Å². The Kier molecular flexibility index (Phi) is 5.56. The van der Waals surface area contributed by atoms with Crippen molar-refractivity contribution in [1.82, 2.24) is 15.1 Å². The zero-order valence-corrected chi connectivity index (χ0v) is 14.5. The van der Waals surface area contributed by atoms with Crippen LogP contribution in [0.3, 0.4) is 0 Å². The highest BCUT2D eigenvalue weighted by Crippen LogP contribution is 2.25. The zero-order chi connectivity index (χ0) is 16.1. The van der Waals surface area contributed by atoms with Gasteiger partial charge in [-0.15, -0.1) is 10.2 Å². The van der Waals surface area contributed by atoms with E-state index in [4.69, 9.17) is 9.15 Å². The monoisotopic (exact) mass is 333 g/mol. The number of nitrogens with zero attached hydrogens (tertiary/aromatic N) is 3. The maximum atomic E-state index is 5.76. The van der Waals surface area contributed by atoms with Crippen LogP contribution in [0.4, 0.5) is 0 Å². The minimum Gasteiger partial charge on any atom is -0.497 e. The maximum Gasteiger partial charge on any atom is 0.276 e. The van der Waals surface area contributed by atoms with Crippen molar-refractivity contribution >= 4 is 11.8 Å². The average molecular weight is 333 g/mol. The molecule has 1 aromatic heterocycles. The van der Waals surface area contributed by atoms with Crippen LogP contribution >= 0.6 is 11.8 Å². The summed E-state index contributed by atoms with van der Waals surface area (Å²) in [6.07, 6.45) is 3.24. The second-order valence-corrected chi connectivity index (χ2v) is 7.04. The number of hydrogen-bond acceptors (Lipinski definition) is 6. The van der Waals surface area contributed by atoms with E-state index in [1.165, 1.54) is 25.9 Å². The van der Waals surface area contributed by atoms with Gasteiger partial charge in [0.05, 0.1) is 13.5 Å². The zero-order valence-electron chi connectivity index (χ0n) is 13.7. The average Bonchev–Trinajstić information content (AvgIpc) is 3.01. The van der Waals surface area contributed by atoms with Gasteiger partial charge in [-0.05, 0) is 50.0 Å². The lowest BCUT2D eigenvalue weighted by atomic mass is 10.0. The fourth-order valence-corrected chi connectivity index (χ4v) is 3.79. The molecule has 1 aliphatic heterocycles. The van der Waals surface area contributed by atoms with Crippen LogP contribution in [0.2, 0.25) is 0 Å². The van der Waals surface area contributed by atoms with Crippen LogP contribution in [0.15, 0.2) is 33.9 Å². The van der Waals surface area contributed by atoms with E-state index < -0.39 is 0 Å². The Morgan fingerprint density at radius 2 is 2.13 bits per heavy atom. The van der Waals surface area contributed by atoms with E-state index >= 15 is 0 Å². The molecule has 0 N–H and O–H groups in total. The van der Waals surface area contributed by atoms with Gasteiger partial charge in [0.1, 0.15) is 5.75 Å². The molecule has 0 saturated carbocycles. The fourth-order valence-electron chi connectivity index (χ4n) is 2.88. The molecule has 5 nitrogen and oxygen atoms in total. The molecule has 124 valence electrons. The van der Waals surface area contributed by atoms with Gasteiger partial charge >= 0.3 is 0 Å². The highest BCUT2D eigenvalue weighted by atomic mass is 32.2. The fraction of sp³-hybridized carbons (Fsp3) is 0.529. The van der Waals surface area contributed by atoms with Gasteiger partial charge in [0.15, 0.2) is 0 Å². The third-order valence-electron chi connectivity index (χ3n) is 4.13. The SMILES string of the molecule is COc1ccc(Cc2nnc(SCC3CCCN(C)C3)o2)cc1. The van der Waals surface area contributed by atoms with Crippen LogP contribution in [-0.4, -0.2) is 48.1 Å². The first-order chi connectivity index (χ1) is 11.2. The third-order valence-corrected chi connectivity index (χ3v) is 5.18. The number of rotatable bonds is 6. The molecule has 0 radical (unpaired) electrons. The van der Waals surface area contributed by atoms with E-state index in [1.807, 2.05) is 24.3 Å². The number of likely N-dealkylation sites (tertiary alicyclic amines) is 1. The molecule has 0 amide bonds. The molecule has 6 heteroatoms. The molecule has 0 spiro atoms. The van der Waals surface area contributed by atoms with E-state index in [2.05, 4.69) is 22.1 Å². The smallest absolute Gasteiger partial charge is 0.276 e. The number of ether oxygens (including phenoxy) is 1. The predicted molar refractivity (Wildman–Crippen MR) is 91.0 cm³/mol. The minimum absolute atomic E-state index is 0.656. The van der Waals surface area contributed by atoms with Gasteiger partial charge in [-0.1, -0.05) is 23.9 Å². The summed E-state index contributed by atoms with van der Waals surface area (Å²) in [5.41, 5.74) is 1.14. The van der Waals surface area contributed by atoms with Gasteiger partial charge in [-0.25, -0.2) is 0 Å². The van der Waals surface area contributed by atoms with Crippen LogP contribution in [0.1, 0.15) is 24.3 Å². The van der Waals surface area contributed by atoms with Gasteiger partial charge in [-0.2, -0.15) is 0 Å². The highest BCUT2D eigenvalue weighted by Gasteiger charge is 2.18. The second-order valence-electron chi connectivity index (χ2n) is 6.07. The number of methoxy groups -OCH3 is 1. The van der Waals surface area contributed by atoms with Crippen LogP contribution in [0.25, 0.3) is 0 Å². The van der Waals surface area contributed by atoms with Crippen LogP contribution in [0.5, 0.6) is 5.75 Å². The number of thioether (sulfide) groups is 1. The van der Waals surface area contributed by atoms with Crippen molar-refractivity contribution in [3.8, 4) is 5.75 Å². The Balaban J connectivity index is 1.51. The molecular weight excluding hydrogens is 310 g/mol. The number of piperidine rings is 1. The van der Waals surface area contributed by atoms with E-state index in [0.717, 1.165) is 23.0 Å². The Morgan fingerprint density at radius 1 is 1.30 bits per heavy atom. The Morgan fingerprint density at radius 3 is 2.87 bits per heavy atom. The molecule has 1 aromatic carbocycles. The van der Waals surface area contributed by atoms with Crippen LogP contribution in [0, 0.1) is 5.92 Å². The summed E-state index contributed by atoms with van der Waals surface area (Å²) in [7, 11) is 3.86. The first-order valence-electron chi connectivity index (χ1n) is 7.99. The number of aromatic nitrogens is 2. The molecule has 2 aromatic rings. The van der Waals surface area contributed by atoms with Gasteiger partial charge < -0.3 is 14.1 Å². The quantitative estimate of drug-likeness (QED) is 0.757. The lowest BCUT2D eigenvalue weighted by Gasteiger charge is -2.28.